The van der Waals surface area contributed by atoms with Crippen molar-refractivity contribution in [1.82, 2.24) is 0 Å². The smallest absolute Gasteiger partial charge is 0.264 e. The molecule has 1 aliphatic rings. The van der Waals surface area contributed by atoms with Gasteiger partial charge in [-0.05, 0) is 36.1 Å². The summed E-state index contributed by atoms with van der Waals surface area (Å²) in [6, 6.07) is 12.4. The summed E-state index contributed by atoms with van der Waals surface area (Å²) in [6.07, 6.45) is 0.795. The van der Waals surface area contributed by atoms with Crippen molar-refractivity contribution >= 4 is 15.7 Å². The van der Waals surface area contributed by atoms with Crippen LogP contribution in [0.2, 0.25) is 0 Å². The Balaban J connectivity index is 2.08. The molecule has 0 aliphatic carbocycles. The Labute approximate surface area is 142 Å². The first-order chi connectivity index (χ1) is 11.5. The number of sulfonamides is 1. The number of para-hydroxylation sites is 1. The molecule has 0 bridgehead atoms. The summed E-state index contributed by atoms with van der Waals surface area (Å²) in [6.45, 7) is 2.59. The fraction of sp³-hybridized carbons (Fsp3) is 0.333. The standard InChI is InChI=1S/C18H21NO4S/c1-13-10-11-19(16-7-5-4-6-15(13)16)24(20,21)14-8-9-17(22-2)18(12-14)23-3/h4-9,12-13H,10-11H2,1-3H3. The monoisotopic (exact) mass is 347 g/mol. The Morgan fingerprint density at radius 1 is 1.04 bits per heavy atom. The number of hydrogen-bond donors (Lipinski definition) is 0. The molecule has 6 heteroatoms. The summed E-state index contributed by atoms with van der Waals surface area (Å²) in [7, 11) is -0.644. The lowest BCUT2D eigenvalue weighted by atomic mass is 9.93. The van der Waals surface area contributed by atoms with E-state index in [-0.39, 0.29) is 4.90 Å². The van der Waals surface area contributed by atoms with E-state index < -0.39 is 10.0 Å². The Kier molecular flexibility index (Phi) is 4.41. The summed E-state index contributed by atoms with van der Waals surface area (Å²) < 4.78 is 38.2. The van der Waals surface area contributed by atoms with Gasteiger partial charge >= 0.3 is 0 Å². The van der Waals surface area contributed by atoms with Crippen LogP contribution in [0, 0.1) is 0 Å². The highest BCUT2D eigenvalue weighted by Gasteiger charge is 2.31. The van der Waals surface area contributed by atoms with E-state index in [1.54, 1.807) is 12.1 Å². The van der Waals surface area contributed by atoms with E-state index in [0.717, 1.165) is 17.7 Å². The molecule has 2 aromatic rings. The van der Waals surface area contributed by atoms with Crippen LogP contribution in [0.25, 0.3) is 0 Å². The Morgan fingerprint density at radius 3 is 2.46 bits per heavy atom. The van der Waals surface area contributed by atoms with Crippen molar-refractivity contribution in [2.45, 2.75) is 24.2 Å². The number of anilines is 1. The van der Waals surface area contributed by atoms with Gasteiger partial charge in [-0.25, -0.2) is 8.42 Å². The second kappa shape index (κ2) is 6.36. The lowest BCUT2D eigenvalue weighted by Gasteiger charge is -2.33. The van der Waals surface area contributed by atoms with E-state index in [1.165, 1.54) is 24.6 Å². The first-order valence-electron chi connectivity index (χ1n) is 7.82. The van der Waals surface area contributed by atoms with Crippen LogP contribution in [0.1, 0.15) is 24.8 Å². The van der Waals surface area contributed by atoms with Crippen LogP contribution < -0.4 is 13.8 Å². The molecule has 0 fully saturated rings. The number of benzene rings is 2. The maximum atomic E-state index is 13.2. The second-order valence-corrected chi connectivity index (χ2v) is 7.70. The number of rotatable bonds is 4. The van der Waals surface area contributed by atoms with E-state index in [9.17, 15) is 8.42 Å². The minimum atomic E-state index is -3.66. The van der Waals surface area contributed by atoms with Gasteiger partial charge in [0.1, 0.15) is 0 Å². The lowest BCUT2D eigenvalue weighted by molar-refractivity contribution is 0.354. The summed E-state index contributed by atoms with van der Waals surface area (Å²) in [5.74, 6) is 1.25. The third kappa shape index (κ3) is 2.71. The van der Waals surface area contributed by atoms with Gasteiger partial charge in [0.05, 0.1) is 24.8 Å². The molecule has 0 spiro atoms. The molecule has 0 N–H and O–H groups in total. The predicted molar refractivity (Wildman–Crippen MR) is 93.6 cm³/mol. The fourth-order valence-electron chi connectivity index (χ4n) is 3.07. The largest absolute Gasteiger partial charge is 0.493 e. The topological polar surface area (TPSA) is 55.8 Å². The van der Waals surface area contributed by atoms with Crippen LogP contribution in [-0.4, -0.2) is 29.2 Å². The fourth-order valence-corrected chi connectivity index (χ4v) is 4.59. The van der Waals surface area contributed by atoms with E-state index in [1.807, 2.05) is 24.3 Å². The van der Waals surface area contributed by atoms with Crippen molar-refractivity contribution in [3.63, 3.8) is 0 Å². The molecule has 1 unspecified atom stereocenters. The van der Waals surface area contributed by atoms with Crippen molar-refractivity contribution in [1.29, 1.82) is 0 Å². The van der Waals surface area contributed by atoms with Gasteiger partial charge in [0.25, 0.3) is 10.0 Å². The van der Waals surface area contributed by atoms with Gasteiger partial charge in [-0.1, -0.05) is 25.1 Å². The molecular formula is C18H21NO4S. The second-order valence-electron chi connectivity index (χ2n) is 5.84. The van der Waals surface area contributed by atoms with Gasteiger partial charge in [0.2, 0.25) is 0 Å². The van der Waals surface area contributed by atoms with Gasteiger partial charge in [-0.3, -0.25) is 4.31 Å². The molecule has 0 amide bonds. The number of nitrogens with zero attached hydrogens (tertiary/aromatic N) is 1. The molecule has 2 aromatic carbocycles. The molecule has 3 rings (SSSR count). The minimum Gasteiger partial charge on any atom is -0.493 e. The summed E-state index contributed by atoms with van der Waals surface area (Å²) in [4.78, 5) is 0.199. The summed E-state index contributed by atoms with van der Waals surface area (Å²) in [5, 5.41) is 0. The van der Waals surface area contributed by atoms with Crippen molar-refractivity contribution in [3.05, 3.63) is 48.0 Å². The van der Waals surface area contributed by atoms with E-state index >= 15 is 0 Å². The van der Waals surface area contributed by atoms with E-state index in [2.05, 4.69) is 6.92 Å². The minimum absolute atomic E-state index is 0.199. The first-order valence-corrected chi connectivity index (χ1v) is 9.26. The first kappa shape index (κ1) is 16.6. The molecular weight excluding hydrogens is 326 g/mol. The Morgan fingerprint density at radius 2 is 1.75 bits per heavy atom. The third-order valence-electron chi connectivity index (χ3n) is 4.44. The average molecular weight is 347 g/mol. The summed E-state index contributed by atoms with van der Waals surface area (Å²) >= 11 is 0. The lowest BCUT2D eigenvalue weighted by Crippen LogP contribution is -2.36. The zero-order valence-electron chi connectivity index (χ0n) is 14.0. The van der Waals surface area contributed by atoms with Crippen molar-refractivity contribution in [2.24, 2.45) is 0 Å². The van der Waals surface area contributed by atoms with Gasteiger partial charge in [-0.15, -0.1) is 0 Å². The molecule has 0 radical (unpaired) electrons. The van der Waals surface area contributed by atoms with Crippen molar-refractivity contribution in [3.8, 4) is 11.5 Å². The normalized spacial score (nSPS) is 17.3. The Bertz CT molecular complexity index is 848. The summed E-state index contributed by atoms with van der Waals surface area (Å²) in [5.41, 5.74) is 1.82. The molecule has 24 heavy (non-hydrogen) atoms. The van der Waals surface area contributed by atoms with Crippen LogP contribution in [0.15, 0.2) is 47.4 Å². The van der Waals surface area contributed by atoms with E-state index in [4.69, 9.17) is 9.47 Å². The maximum absolute atomic E-state index is 13.2. The highest BCUT2D eigenvalue weighted by Crippen LogP contribution is 2.39. The molecule has 0 saturated carbocycles. The molecule has 1 heterocycles. The van der Waals surface area contributed by atoms with Gasteiger partial charge in [0, 0.05) is 12.6 Å². The zero-order chi connectivity index (χ0) is 17.3. The van der Waals surface area contributed by atoms with Crippen LogP contribution in [0.3, 0.4) is 0 Å². The number of fused-ring (bicyclic) bond motifs is 1. The van der Waals surface area contributed by atoms with Crippen LogP contribution in [-0.2, 0) is 10.0 Å². The quantitative estimate of drug-likeness (QED) is 0.850. The molecule has 0 aromatic heterocycles. The van der Waals surface area contributed by atoms with Crippen molar-refractivity contribution < 1.29 is 17.9 Å². The average Bonchev–Trinajstić information content (AvgIpc) is 2.61. The third-order valence-corrected chi connectivity index (χ3v) is 6.25. The number of hydrogen-bond acceptors (Lipinski definition) is 4. The van der Waals surface area contributed by atoms with Gasteiger partial charge in [0.15, 0.2) is 11.5 Å². The highest BCUT2D eigenvalue weighted by atomic mass is 32.2. The molecule has 128 valence electrons. The van der Waals surface area contributed by atoms with Crippen LogP contribution >= 0.6 is 0 Å². The number of methoxy groups -OCH3 is 2. The highest BCUT2D eigenvalue weighted by molar-refractivity contribution is 7.92. The van der Waals surface area contributed by atoms with Crippen LogP contribution in [0.5, 0.6) is 11.5 Å². The number of ether oxygens (including phenoxy) is 2. The molecule has 5 nitrogen and oxygen atoms in total. The Hall–Kier alpha value is -2.21. The molecule has 0 saturated heterocycles. The SMILES string of the molecule is COc1ccc(S(=O)(=O)N2CCC(C)c3ccccc32)cc1OC. The predicted octanol–water partition coefficient (Wildman–Crippen LogP) is 3.41. The maximum Gasteiger partial charge on any atom is 0.264 e. The van der Waals surface area contributed by atoms with Crippen LogP contribution in [0.4, 0.5) is 5.69 Å². The molecule has 1 atom stereocenters. The van der Waals surface area contributed by atoms with E-state index in [0.29, 0.717) is 24.0 Å². The molecule has 1 aliphatic heterocycles. The zero-order valence-corrected chi connectivity index (χ0v) is 14.8. The van der Waals surface area contributed by atoms with Gasteiger partial charge in [-0.2, -0.15) is 0 Å². The van der Waals surface area contributed by atoms with Crippen molar-refractivity contribution in [2.75, 3.05) is 25.1 Å². The van der Waals surface area contributed by atoms with Gasteiger partial charge < -0.3 is 9.47 Å².